The van der Waals surface area contributed by atoms with Crippen molar-refractivity contribution in [1.82, 2.24) is 20.1 Å². The second kappa shape index (κ2) is 5.01. The summed E-state index contributed by atoms with van der Waals surface area (Å²) in [6.45, 7) is 2.69. The molecule has 0 aliphatic carbocycles. The van der Waals surface area contributed by atoms with E-state index >= 15 is 0 Å². The van der Waals surface area contributed by atoms with Gasteiger partial charge in [0.05, 0.1) is 6.54 Å². The summed E-state index contributed by atoms with van der Waals surface area (Å²) >= 11 is 0. The Hall–Kier alpha value is -1.88. The molecule has 0 atom stereocenters. The second-order valence-electron chi connectivity index (χ2n) is 5.07. The fourth-order valence-electron chi connectivity index (χ4n) is 2.51. The smallest absolute Gasteiger partial charge is 0.164 e. The quantitative estimate of drug-likeness (QED) is 0.891. The van der Waals surface area contributed by atoms with Crippen LogP contribution in [0.15, 0.2) is 24.5 Å². The lowest BCUT2D eigenvalue weighted by atomic mass is 10.1. The Balaban J connectivity index is 1.59. The number of fused-ring (bicyclic) bond motifs is 1. The molecule has 0 fully saturated rings. The van der Waals surface area contributed by atoms with Gasteiger partial charge in [-0.15, -0.1) is 0 Å². The lowest BCUT2D eigenvalue weighted by molar-refractivity contribution is 0.649. The van der Waals surface area contributed by atoms with Crippen LogP contribution in [-0.4, -0.2) is 28.4 Å². The van der Waals surface area contributed by atoms with Crippen molar-refractivity contribution in [2.45, 2.75) is 19.5 Å². The first kappa shape index (κ1) is 12.2. The molecule has 3 rings (SSSR count). The SMILES string of the molecule is CN1CCc2cc(CNCc3ncn(C)n3)ccc21. The van der Waals surface area contributed by atoms with Crippen LogP contribution in [0.25, 0.3) is 0 Å². The summed E-state index contributed by atoms with van der Waals surface area (Å²) in [4.78, 5) is 6.51. The van der Waals surface area contributed by atoms with Gasteiger partial charge in [-0.1, -0.05) is 12.1 Å². The van der Waals surface area contributed by atoms with E-state index in [0.29, 0.717) is 6.54 Å². The highest BCUT2D eigenvalue weighted by atomic mass is 15.3. The number of benzene rings is 1. The molecule has 0 spiro atoms. The number of anilines is 1. The van der Waals surface area contributed by atoms with E-state index < -0.39 is 0 Å². The number of aromatic nitrogens is 3. The zero-order valence-corrected chi connectivity index (χ0v) is 11.4. The molecular weight excluding hydrogens is 238 g/mol. The molecule has 0 unspecified atom stereocenters. The van der Waals surface area contributed by atoms with Gasteiger partial charge in [-0.2, -0.15) is 5.10 Å². The van der Waals surface area contributed by atoms with Crippen molar-refractivity contribution in [3.63, 3.8) is 0 Å². The highest BCUT2D eigenvalue weighted by Gasteiger charge is 2.15. The van der Waals surface area contributed by atoms with Crippen LogP contribution >= 0.6 is 0 Å². The summed E-state index contributed by atoms with van der Waals surface area (Å²) in [5, 5.41) is 7.63. The van der Waals surface area contributed by atoms with Gasteiger partial charge < -0.3 is 10.2 Å². The van der Waals surface area contributed by atoms with Gasteiger partial charge in [0, 0.05) is 32.9 Å². The van der Waals surface area contributed by atoms with Crippen molar-refractivity contribution in [1.29, 1.82) is 0 Å². The first-order valence-corrected chi connectivity index (χ1v) is 6.60. The van der Waals surface area contributed by atoms with Gasteiger partial charge in [-0.3, -0.25) is 4.68 Å². The van der Waals surface area contributed by atoms with E-state index in [-0.39, 0.29) is 0 Å². The van der Waals surface area contributed by atoms with Crippen LogP contribution in [0.5, 0.6) is 0 Å². The van der Waals surface area contributed by atoms with Crippen LogP contribution in [0.4, 0.5) is 5.69 Å². The summed E-state index contributed by atoms with van der Waals surface area (Å²) in [7, 11) is 4.03. The van der Waals surface area contributed by atoms with Gasteiger partial charge >= 0.3 is 0 Å². The molecule has 0 radical (unpaired) electrons. The fourth-order valence-corrected chi connectivity index (χ4v) is 2.51. The summed E-state index contributed by atoms with van der Waals surface area (Å²) in [5.41, 5.74) is 4.15. The number of likely N-dealkylation sites (N-methyl/N-ethyl adjacent to an activating group) is 1. The zero-order chi connectivity index (χ0) is 13.2. The van der Waals surface area contributed by atoms with Gasteiger partial charge in [0.15, 0.2) is 5.82 Å². The highest BCUT2D eigenvalue weighted by molar-refractivity contribution is 5.58. The third kappa shape index (κ3) is 2.61. The van der Waals surface area contributed by atoms with Crippen LogP contribution in [0.1, 0.15) is 17.0 Å². The molecule has 5 heteroatoms. The zero-order valence-electron chi connectivity index (χ0n) is 11.4. The van der Waals surface area contributed by atoms with E-state index in [4.69, 9.17) is 0 Å². The topological polar surface area (TPSA) is 46.0 Å². The van der Waals surface area contributed by atoms with Crippen molar-refractivity contribution >= 4 is 5.69 Å². The normalized spacial score (nSPS) is 13.9. The Labute approximate surface area is 113 Å². The molecule has 0 saturated carbocycles. The third-order valence-corrected chi connectivity index (χ3v) is 3.53. The molecule has 1 aliphatic heterocycles. The molecule has 100 valence electrons. The summed E-state index contributed by atoms with van der Waals surface area (Å²) in [5.74, 6) is 0.836. The second-order valence-corrected chi connectivity index (χ2v) is 5.07. The summed E-state index contributed by atoms with van der Waals surface area (Å²) < 4.78 is 1.72. The maximum Gasteiger partial charge on any atom is 0.164 e. The molecule has 1 aliphatic rings. The molecule has 1 aromatic heterocycles. The van der Waals surface area contributed by atoms with Gasteiger partial charge in [0.1, 0.15) is 6.33 Å². The van der Waals surface area contributed by atoms with E-state index in [1.807, 2.05) is 7.05 Å². The largest absolute Gasteiger partial charge is 0.374 e. The standard InChI is InChI=1S/C14H19N5/c1-18-6-5-12-7-11(3-4-13(12)18)8-15-9-14-16-10-19(2)17-14/h3-4,7,10,15H,5-6,8-9H2,1-2H3. The van der Waals surface area contributed by atoms with Crippen molar-refractivity contribution in [3.05, 3.63) is 41.5 Å². The van der Waals surface area contributed by atoms with E-state index in [2.05, 4.69) is 45.5 Å². The lowest BCUT2D eigenvalue weighted by Gasteiger charge is -2.12. The summed E-state index contributed by atoms with van der Waals surface area (Å²) in [6.07, 6.45) is 2.88. The van der Waals surface area contributed by atoms with Gasteiger partial charge in [0.2, 0.25) is 0 Å². The molecular formula is C14H19N5. The van der Waals surface area contributed by atoms with Crippen molar-refractivity contribution in [2.24, 2.45) is 7.05 Å². The molecule has 5 nitrogen and oxygen atoms in total. The van der Waals surface area contributed by atoms with Gasteiger partial charge in [0.25, 0.3) is 0 Å². The molecule has 1 N–H and O–H groups in total. The lowest BCUT2D eigenvalue weighted by Crippen LogP contribution is -2.14. The van der Waals surface area contributed by atoms with Crippen molar-refractivity contribution in [2.75, 3.05) is 18.5 Å². The van der Waals surface area contributed by atoms with E-state index in [0.717, 1.165) is 25.3 Å². The molecule has 2 aromatic rings. The molecule has 0 saturated heterocycles. The van der Waals surface area contributed by atoms with Gasteiger partial charge in [-0.25, -0.2) is 4.98 Å². The van der Waals surface area contributed by atoms with E-state index in [9.17, 15) is 0 Å². The number of aryl methyl sites for hydroxylation is 1. The third-order valence-electron chi connectivity index (χ3n) is 3.53. The van der Waals surface area contributed by atoms with Crippen molar-refractivity contribution < 1.29 is 0 Å². The van der Waals surface area contributed by atoms with Crippen LogP contribution in [0, 0.1) is 0 Å². The Morgan fingerprint density at radius 2 is 2.16 bits per heavy atom. The van der Waals surface area contributed by atoms with Crippen LogP contribution in [-0.2, 0) is 26.6 Å². The Kier molecular flexibility index (Phi) is 3.21. The average molecular weight is 257 g/mol. The molecule has 0 amide bonds. The van der Waals surface area contributed by atoms with Crippen LogP contribution in [0.3, 0.4) is 0 Å². The number of rotatable bonds is 4. The molecule has 1 aromatic carbocycles. The molecule has 0 bridgehead atoms. The van der Waals surface area contributed by atoms with E-state index in [1.54, 1.807) is 11.0 Å². The Bertz CT molecular complexity index is 575. The minimum Gasteiger partial charge on any atom is -0.374 e. The number of hydrogen-bond acceptors (Lipinski definition) is 4. The fraction of sp³-hybridized carbons (Fsp3) is 0.429. The average Bonchev–Trinajstić information content (AvgIpc) is 2.97. The minimum absolute atomic E-state index is 0.706. The Morgan fingerprint density at radius 3 is 2.95 bits per heavy atom. The predicted molar refractivity (Wildman–Crippen MR) is 75.0 cm³/mol. The number of hydrogen-bond donors (Lipinski definition) is 1. The maximum atomic E-state index is 4.25. The van der Waals surface area contributed by atoms with E-state index in [1.165, 1.54) is 16.8 Å². The molecule has 2 heterocycles. The maximum absolute atomic E-state index is 4.25. The van der Waals surface area contributed by atoms with Crippen molar-refractivity contribution in [3.8, 4) is 0 Å². The highest BCUT2D eigenvalue weighted by Crippen LogP contribution is 2.27. The first-order valence-electron chi connectivity index (χ1n) is 6.60. The van der Waals surface area contributed by atoms with Gasteiger partial charge in [-0.05, 0) is 23.6 Å². The Morgan fingerprint density at radius 1 is 1.26 bits per heavy atom. The van der Waals surface area contributed by atoms with Crippen LogP contribution in [0.2, 0.25) is 0 Å². The predicted octanol–water partition coefficient (Wildman–Crippen LogP) is 1.10. The first-order chi connectivity index (χ1) is 9.22. The summed E-state index contributed by atoms with van der Waals surface area (Å²) in [6, 6.07) is 6.72. The minimum atomic E-state index is 0.706. The molecule has 19 heavy (non-hydrogen) atoms. The number of nitrogens with zero attached hydrogens (tertiary/aromatic N) is 4. The number of nitrogens with one attached hydrogen (secondary N) is 1. The monoisotopic (exact) mass is 257 g/mol. The van der Waals surface area contributed by atoms with Crippen LogP contribution < -0.4 is 10.2 Å².